The van der Waals surface area contributed by atoms with E-state index >= 15 is 0 Å². The van der Waals surface area contributed by atoms with Gasteiger partial charge in [0, 0.05) is 64.3 Å². The number of aliphatic hydroxyl groups is 1. The van der Waals surface area contributed by atoms with E-state index in [2.05, 4.69) is 44.5 Å². The number of rotatable bonds is 6. The molecule has 0 radical (unpaired) electrons. The maximum absolute atomic E-state index is 13.6. The Morgan fingerprint density at radius 1 is 1.03 bits per heavy atom. The number of hydrogen-bond acceptors (Lipinski definition) is 8. The van der Waals surface area contributed by atoms with E-state index in [-0.39, 0.29) is 48.3 Å². The Bertz CT molecular complexity index is 1180. The van der Waals surface area contributed by atoms with Gasteiger partial charge < -0.3 is 25.0 Å². The lowest BCUT2D eigenvalue weighted by atomic mass is 9.94. The summed E-state index contributed by atoms with van der Waals surface area (Å²) >= 11 is 0. The van der Waals surface area contributed by atoms with Crippen LogP contribution in [0.25, 0.3) is 0 Å². The van der Waals surface area contributed by atoms with Crippen LogP contribution in [0.15, 0.2) is 30.3 Å². The largest absolute Gasteiger partial charge is 0.461 e. The number of carbonyl (C=O) groups excluding carboxylic acids is 2. The lowest BCUT2D eigenvalue weighted by Crippen LogP contribution is -2.56. The van der Waals surface area contributed by atoms with Crippen LogP contribution >= 0.6 is 0 Å². The van der Waals surface area contributed by atoms with Crippen molar-refractivity contribution in [1.82, 2.24) is 24.7 Å². The van der Waals surface area contributed by atoms with E-state index in [9.17, 15) is 14.7 Å². The Kier molecular flexibility index (Phi) is 8.32. The van der Waals surface area contributed by atoms with Crippen LogP contribution < -0.4 is 10.1 Å². The maximum Gasteiger partial charge on any atom is 0.319 e. The summed E-state index contributed by atoms with van der Waals surface area (Å²) in [5.41, 5.74) is 2.95. The molecule has 10 heteroatoms. The Labute approximate surface area is 230 Å². The number of amides is 2. The van der Waals surface area contributed by atoms with Gasteiger partial charge in [0.2, 0.25) is 5.91 Å². The first-order valence-corrected chi connectivity index (χ1v) is 14.1. The lowest BCUT2D eigenvalue weighted by molar-refractivity contribution is -0.129. The number of nitrogens with one attached hydrogen (secondary N) is 1. The van der Waals surface area contributed by atoms with Crippen molar-refractivity contribution in [3.05, 3.63) is 47.2 Å². The van der Waals surface area contributed by atoms with Gasteiger partial charge in [0.05, 0.1) is 12.2 Å². The molecule has 0 aliphatic carbocycles. The molecule has 0 spiro atoms. The fourth-order valence-electron chi connectivity index (χ4n) is 5.91. The number of carbonyl (C=O) groups is 2. The third kappa shape index (κ3) is 6.50. The second-order valence-electron chi connectivity index (χ2n) is 11.2. The average molecular weight is 537 g/mol. The molecule has 3 aliphatic rings. The predicted octanol–water partition coefficient (Wildman–Crippen LogP) is 2.32. The number of piperidine rings is 2. The van der Waals surface area contributed by atoms with E-state index in [0.717, 1.165) is 32.4 Å². The van der Waals surface area contributed by atoms with Crippen molar-refractivity contribution >= 4 is 17.6 Å². The van der Waals surface area contributed by atoms with Crippen LogP contribution in [-0.2, 0) is 17.8 Å². The third-order valence-electron chi connectivity index (χ3n) is 8.02. The first kappa shape index (κ1) is 27.3. The standard InChI is InChI=1S/C29H40N6O4/c1-19(2)39-29-31-24(16-27(32-29)30-23-9-13-33(14-10-23)20(3)36)28(38)35-15-11-25(26(37)18-35)34-12-8-21-6-4-5-7-22(21)17-34/h4-7,16,19,23,25-26,37H,8-15,17-18H2,1-3H3,(H,30,31,32)/t25-,26-/m1/s1. The van der Waals surface area contributed by atoms with Crippen molar-refractivity contribution < 1.29 is 19.4 Å². The monoisotopic (exact) mass is 536 g/mol. The fraction of sp³-hybridized carbons (Fsp3) is 0.586. The number of aliphatic hydroxyl groups excluding tert-OH is 1. The molecule has 2 saturated heterocycles. The van der Waals surface area contributed by atoms with E-state index in [0.29, 0.717) is 31.9 Å². The first-order chi connectivity index (χ1) is 18.8. The highest BCUT2D eigenvalue weighted by Gasteiger charge is 2.36. The molecule has 0 saturated carbocycles. The minimum Gasteiger partial charge on any atom is -0.461 e. The summed E-state index contributed by atoms with van der Waals surface area (Å²) in [5, 5.41) is 14.5. The summed E-state index contributed by atoms with van der Waals surface area (Å²) in [6, 6.07) is 10.5. The molecule has 0 bridgehead atoms. The van der Waals surface area contributed by atoms with Crippen LogP contribution in [0.4, 0.5) is 5.82 Å². The van der Waals surface area contributed by atoms with Gasteiger partial charge in [-0.05, 0) is 50.7 Å². The first-order valence-electron chi connectivity index (χ1n) is 14.1. The highest BCUT2D eigenvalue weighted by molar-refractivity contribution is 5.93. The van der Waals surface area contributed by atoms with E-state index in [1.807, 2.05) is 18.7 Å². The van der Waals surface area contributed by atoms with Crippen molar-refractivity contribution in [3.63, 3.8) is 0 Å². The molecular formula is C29H40N6O4. The maximum atomic E-state index is 13.6. The molecule has 2 aromatic rings. The van der Waals surface area contributed by atoms with Gasteiger partial charge in [-0.1, -0.05) is 24.3 Å². The number of fused-ring (bicyclic) bond motifs is 1. The topological polar surface area (TPSA) is 111 Å². The molecule has 2 N–H and O–H groups in total. The molecule has 39 heavy (non-hydrogen) atoms. The van der Waals surface area contributed by atoms with Crippen LogP contribution in [-0.4, -0.2) is 98.6 Å². The Hall–Kier alpha value is -3.24. The Balaban J connectivity index is 1.25. The lowest BCUT2D eigenvalue weighted by Gasteiger charge is -2.43. The zero-order valence-corrected chi connectivity index (χ0v) is 23.2. The van der Waals surface area contributed by atoms with Gasteiger partial charge in [0.25, 0.3) is 5.91 Å². The van der Waals surface area contributed by atoms with Crippen molar-refractivity contribution in [3.8, 4) is 6.01 Å². The Morgan fingerprint density at radius 2 is 1.74 bits per heavy atom. The summed E-state index contributed by atoms with van der Waals surface area (Å²) in [6.07, 6.45) is 2.50. The van der Waals surface area contributed by atoms with E-state index in [4.69, 9.17) is 4.74 Å². The van der Waals surface area contributed by atoms with Gasteiger partial charge in [-0.25, -0.2) is 0 Å². The van der Waals surface area contributed by atoms with Gasteiger partial charge in [-0.3, -0.25) is 14.5 Å². The molecule has 2 fully saturated rings. The average Bonchev–Trinajstić information content (AvgIpc) is 2.92. The van der Waals surface area contributed by atoms with E-state index < -0.39 is 6.10 Å². The number of nitrogens with zero attached hydrogens (tertiary/aromatic N) is 5. The van der Waals surface area contributed by atoms with E-state index in [1.54, 1.807) is 17.9 Å². The molecule has 1 aromatic heterocycles. The fourth-order valence-corrected chi connectivity index (χ4v) is 5.91. The number of benzene rings is 1. The molecule has 10 nitrogen and oxygen atoms in total. The molecule has 210 valence electrons. The summed E-state index contributed by atoms with van der Waals surface area (Å²) < 4.78 is 5.78. The minimum absolute atomic E-state index is 0.0192. The van der Waals surface area contributed by atoms with Gasteiger partial charge in [-0.2, -0.15) is 9.97 Å². The number of aromatic nitrogens is 2. The number of ether oxygens (including phenoxy) is 1. The smallest absolute Gasteiger partial charge is 0.319 e. The van der Waals surface area contributed by atoms with Crippen LogP contribution in [0.3, 0.4) is 0 Å². The summed E-state index contributed by atoms with van der Waals surface area (Å²) in [4.78, 5) is 40.1. The quantitative estimate of drug-likeness (QED) is 0.579. The second-order valence-corrected chi connectivity index (χ2v) is 11.2. The van der Waals surface area contributed by atoms with Gasteiger partial charge >= 0.3 is 6.01 Å². The Morgan fingerprint density at radius 3 is 2.44 bits per heavy atom. The van der Waals surface area contributed by atoms with Crippen molar-refractivity contribution in [2.45, 2.75) is 77.3 Å². The predicted molar refractivity (Wildman–Crippen MR) is 148 cm³/mol. The third-order valence-corrected chi connectivity index (χ3v) is 8.02. The van der Waals surface area contributed by atoms with Crippen molar-refractivity contribution in [1.29, 1.82) is 0 Å². The number of anilines is 1. The van der Waals surface area contributed by atoms with Crippen molar-refractivity contribution in [2.24, 2.45) is 0 Å². The van der Waals surface area contributed by atoms with Gasteiger partial charge in [-0.15, -0.1) is 0 Å². The van der Waals surface area contributed by atoms with Crippen LogP contribution in [0.5, 0.6) is 6.01 Å². The zero-order chi connectivity index (χ0) is 27.5. The molecule has 4 heterocycles. The zero-order valence-electron chi connectivity index (χ0n) is 23.2. The highest BCUT2D eigenvalue weighted by atomic mass is 16.5. The molecule has 2 amide bonds. The SMILES string of the molecule is CC(=O)N1CCC(Nc2cc(C(=O)N3CC[C@@H](N4CCc5ccccc5C4)[C@H](O)C3)nc(OC(C)C)n2)CC1. The van der Waals surface area contributed by atoms with Crippen LogP contribution in [0.2, 0.25) is 0 Å². The molecule has 3 aliphatic heterocycles. The van der Waals surface area contributed by atoms with Crippen LogP contribution in [0, 0.1) is 0 Å². The highest BCUT2D eigenvalue weighted by Crippen LogP contribution is 2.26. The molecule has 0 unspecified atom stereocenters. The number of likely N-dealkylation sites (tertiary alicyclic amines) is 2. The summed E-state index contributed by atoms with van der Waals surface area (Å²) in [7, 11) is 0. The van der Waals surface area contributed by atoms with E-state index in [1.165, 1.54) is 11.1 Å². The summed E-state index contributed by atoms with van der Waals surface area (Å²) in [6.45, 7) is 9.31. The normalized spacial score (nSPS) is 22.5. The number of hydrogen-bond donors (Lipinski definition) is 2. The molecule has 1 aromatic carbocycles. The molecular weight excluding hydrogens is 496 g/mol. The number of β-amino-alcohol motifs (C(OH)–C–C–N with tert-alkyl or cyclic N) is 1. The van der Waals surface area contributed by atoms with Gasteiger partial charge in [0.1, 0.15) is 11.5 Å². The van der Waals surface area contributed by atoms with Gasteiger partial charge in [0.15, 0.2) is 0 Å². The molecule has 5 rings (SSSR count). The van der Waals surface area contributed by atoms with Crippen molar-refractivity contribution in [2.75, 3.05) is 38.0 Å². The van der Waals surface area contributed by atoms with Crippen LogP contribution in [0.1, 0.15) is 61.6 Å². The minimum atomic E-state index is -0.634. The molecule has 2 atom stereocenters. The summed E-state index contributed by atoms with van der Waals surface area (Å²) in [5.74, 6) is 0.390. The second kappa shape index (κ2) is 11.9.